The van der Waals surface area contributed by atoms with Crippen LogP contribution in [0.1, 0.15) is 28.8 Å². The molecule has 1 atom stereocenters. The highest BCUT2D eigenvalue weighted by Crippen LogP contribution is 2.15. The van der Waals surface area contributed by atoms with Crippen LogP contribution in [0, 0.1) is 17.8 Å². The van der Waals surface area contributed by atoms with Crippen LogP contribution in [0.15, 0.2) is 24.3 Å². The fourth-order valence-corrected chi connectivity index (χ4v) is 2.49. The van der Waals surface area contributed by atoms with Gasteiger partial charge in [0.15, 0.2) is 0 Å². The Morgan fingerprint density at radius 3 is 2.81 bits per heavy atom. The minimum atomic E-state index is 0.0407. The van der Waals surface area contributed by atoms with Crippen molar-refractivity contribution in [1.82, 2.24) is 4.90 Å². The Balaban J connectivity index is 1.94. The number of rotatable bonds is 3. The second-order valence-electron chi connectivity index (χ2n) is 5.35. The molecule has 21 heavy (non-hydrogen) atoms. The third-order valence-electron chi connectivity index (χ3n) is 3.60. The Morgan fingerprint density at radius 1 is 1.43 bits per heavy atom. The van der Waals surface area contributed by atoms with E-state index in [1.807, 2.05) is 31.3 Å². The zero-order valence-corrected chi connectivity index (χ0v) is 12.5. The molecule has 1 aromatic carbocycles. The molecule has 0 saturated carbocycles. The van der Waals surface area contributed by atoms with Crippen LogP contribution in [0.5, 0.6) is 0 Å². The Morgan fingerprint density at radius 2 is 2.19 bits per heavy atom. The van der Waals surface area contributed by atoms with Gasteiger partial charge in [-0.05, 0) is 43.0 Å². The molecule has 1 aliphatic rings. The van der Waals surface area contributed by atoms with Crippen molar-refractivity contribution >= 4 is 5.91 Å². The lowest BCUT2D eigenvalue weighted by molar-refractivity contribution is 0.0388. The molecule has 2 N–H and O–H groups in total. The zero-order valence-electron chi connectivity index (χ0n) is 12.5. The molecular formula is C17H22N2O2. The summed E-state index contributed by atoms with van der Waals surface area (Å²) in [7, 11) is 1.85. The second kappa shape index (κ2) is 7.82. The number of nitrogens with two attached hydrogens (primary N) is 1. The fraction of sp³-hybridized carbons (Fsp3) is 0.471. The van der Waals surface area contributed by atoms with Crippen LogP contribution in [0.2, 0.25) is 0 Å². The number of ether oxygens (including phenoxy) is 1. The summed E-state index contributed by atoms with van der Waals surface area (Å²) in [6.07, 6.45) is 2.21. The third kappa shape index (κ3) is 4.59. The third-order valence-corrected chi connectivity index (χ3v) is 3.60. The van der Waals surface area contributed by atoms with Crippen LogP contribution < -0.4 is 5.73 Å². The molecule has 1 aromatic rings. The van der Waals surface area contributed by atoms with Gasteiger partial charge in [-0.15, -0.1) is 0 Å². The van der Waals surface area contributed by atoms with Crippen molar-refractivity contribution in [2.75, 3.05) is 33.4 Å². The molecule has 4 heteroatoms. The minimum Gasteiger partial charge on any atom is -0.381 e. The summed E-state index contributed by atoms with van der Waals surface area (Å²) in [4.78, 5) is 14.2. The summed E-state index contributed by atoms with van der Waals surface area (Å²) < 4.78 is 5.46. The number of carbonyl (C=O) groups excluding carboxylic acids is 1. The smallest absolute Gasteiger partial charge is 0.253 e. The number of hydrogen-bond acceptors (Lipinski definition) is 3. The molecule has 1 fully saturated rings. The highest BCUT2D eigenvalue weighted by atomic mass is 16.5. The van der Waals surface area contributed by atoms with Crippen molar-refractivity contribution in [3.63, 3.8) is 0 Å². The lowest BCUT2D eigenvalue weighted by Crippen LogP contribution is -2.35. The molecule has 0 radical (unpaired) electrons. The molecule has 4 nitrogen and oxygen atoms in total. The molecule has 0 bridgehead atoms. The molecule has 0 spiro atoms. The van der Waals surface area contributed by atoms with Crippen LogP contribution in [0.25, 0.3) is 0 Å². The van der Waals surface area contributed by atoms with E-state index >= 15 is 0 Å². The molecule has 1 unspecified atom stereocenters. The van der Waals surface area contributed by atoms with Gasteiger partial charge in [0.1, 0.15) is 0 Å². The van der Waals surface area contributed by atoms with Crippen LogP contribution in [0.3, 0.4) is 0 Å². The SMILES string of the molecule is CN(CC1CCCOC1)C(=O)c1ccc(C#CCN)cc1. The molecular weight excluding hydrogens is 264 g/mol. The Labute approximate surface area is 126 Å². The van der Waals surface area contributed by atoms with E-state index in [0.717, 1.165) is 38.2 Å². The number of nitrogens with zero attached hydrogens (tertiary/aromatic N) is 1. The summed E-state index contributed by atoms with van der Waals surface area (Å²) in [5.41, 5.74) is 6.90. The Hall–Kier alpha value is -1.83. The van der Waals surface area contributed by atoms with E-state index in [4.69, 9.17) is 10.5 Å². The predicted octanol–water partition coefficient (Wildman–Crippen LogP) is 1.50. The standard InChI is InChI=1S/C17H22N2O2/c1-19(12-15-5-3-11-21-13-15)17(20)16-8-6-14(7-9-16)4-2-10-18/h6-9,15H,3,5,10-13,18H2,1H3. The topological polar surface area (TPSA) is 55.6 Å². The molecule has 2 rings (SSSR count). The molecule has 0 aromatic heterocycles. The summed E-state index contributed by atoms with van der Waals surface area (Å²) >= 11 is 0. The van der Waals surface area contributed by atoms with Gasteiger partial charge in [-0.25, -0.2) is 0 Å². The summed E-state index contributed by atoms with van der Waals surface area (Å²) in [5, 5.41) is 0. The van der Waals surface area contributed by atoms with Crippen LogP contribution in [0.4, 0.5) is 0 Å². The average Bonchev–Trinajstić information content (AvgIpc) is 2.53. The van der Waals surface area contributed by atoms with Crippen molar-refractivity contribution < 1.29 is 9.53 Å². The molecule has 1 aliphatic heterocycles. The van der Waals surface area contributed by atoms with E-state index in [2.05, 4.69) is 11.8 Å². The van der Waals surface area contributed by atoms with Gasteiger partial charge in [-0.3, -0.25) is 4.79 Å². The first-order valence-corrected chi connectivity index (χ1v) is 7.33. The van der Waals surface area contributed by atoms with Crippen molar-refractivity contribution in [1.29, 1.82) is 0 Å². The fourth-order valence-electron chi connectivity index (χ4n) is 2.49. The monoisotopic (exact) mass is 286 g/mol. The summed E-state index contributed by atoms with van der Waals surface area (Å²) in [6, 6.07) is 7.34. The van der Waals surface area contributed by atoms with Gasteiger partial charge in [0.25, 0.3) is 5.91 Å². The highest BCUT2D eigenvalue weighted by Gasteiger charge is 2.19. The van der Waals surface area contributed by atoms with E-state index in [9.17, 15) is 4.79 Å². The van der Waals surface area contributed by atoms with E-state index in [0.29, 0.717) is 18.0 Å². The van der Waals surface area contributed by atoms with Gasteiger partial charge in [0, 0.05) is 31.3 Å². The minimum absolute atomic E-state index is 0.0407. The summed E-state index contributed by atoms with van der Waals surface area (Å²) in [6.45, 7) is 2.69. The molecule has 0 aliphatic carbocycles. The number of carbonyl (C=O) groups is 1. The molecule has 1 amide bonds. The van der Waals surface area contributed by atoms with E-state index < -0.39 is 0 Å². The van der Waals surface area contributed by atoms with Gasteiger partial charge in [0.05, 0.1) is 13.2 Å². The van der Waals surface area contributed by atoms with Gasteiger partial charge in [-0.2, -0.15) is 0 Å². The maximum atomic E-state index is 12.4. The average molecular weight is 286 g/mol. The lowest BCUT2D eigenvalue weighted by Gasteiger charge is -2.27. The highest BCUT2D eigenvalue weighted by molar-refractivity contribution is 5.94. The van der Waals surface area contributed by atoms with Crippen LogP contribution in [-0.4, -0.2) is 44.2 Å². The lowest BCUT2D eigenvalue weighted by atomic mass is 10.0. The van der Waals surface area contributed by atoms with Gasteiger partial charge >= 0.3 is 0 Å². The maximum Gasteiger partial charge on any atom is 0.253 e. The normalized spacial score (nSPS) is 17.7. The second-order valence-corrected chi connectivity index (χ2v) is 5.35. The van der Waals surface area contributed by atoms with Crippen LogP contribution in [-0.2, 0) is 4.74 Å². The molecule has 112 valence electrons. The van der Waals surface area contributed by atoms with Crippen molar-refractivity contribution in [3.8, 4) is 11.8 Å². The van der Waals surface area contributed by atoms with Gasteiger partial charge in [-0.1, -0.05) is 11.8 Å². The number of amides is 1. The van der Waals surface area contributed by atoms with E-state index in [1.165, 1.54) is 0 Å². The number of benzene rings is 1. The first kappa shape index (κ1) is 15.6. The number of hydrogen-bond donors (Lipinski definition) is 1. The Kier molecular flexibility index (Phi) is 5.79. The molecule has 1 saturated heterocycles. The zero-order chi connectivity index (χ0) is 15.1. The summed E-state index contributed by atoms with van der Waals surface area (Å²) in [5.74, 6) is 6.23. The van der Waals surface area contributed by atoms with Crippen molar-refractivity contribution in [2.24, 2.45) is 11.7 Å². The maximum absolute atomic E-state index is 12.4. The first-order valence-electron chi connectivity index (χ1n) is 7.33. The largest absolute Gasteiger partial charge is 0.381 e. The first-order chi connectivity index (χ1) is 10.2. The van der Waals surface area contributed by atoms with Crippen molar-refractivity contribution in [3.05, 3.63) is 35.4 Å². The van der Waals surface area contributed by atoms with E-state index in [-0.39, 0.29) is 5.91 Å². The predicted molar refractivity (Wildman–Crippen MR) is 82.9 cm³/mol. The van der Waals surface area contributed by atoms with Gasteiger partial charge in [0.2, 0.25) is 0 Å². The molecule has 1 heterocycles. The quantitative estimate of drug-likeness (QED) is 0.857. The van der Waals surface area contributed by atoms with E-state index in [1.54, 1.807) is 4.90 Å². The van der Waals surface area contributed by atoms with Crippen molar-refractivity contribution in [2.45, 2.75) is 12.8 Å². The van der Waals surface area contributed by atoms with Crippen LogP contribution >= 0.6 is 0 Å². The van der Waals surface area contributed by atoms with Gasteiger partial charge < -0.3 is 15.4 Å². The Bertz CT molecular complexity index is 522.